The highest BCUT2D eigenvalue weighted by atomic mass is 16.3. The molecule has 0 bridgehead atoms. The summed E-state index contributed by atoms with van der Waals surface area (Å²) >= 11 is 0. The Labute approximate surface area is 150 Å². The van der Waals surface area contributed by atoms with Crippen LogP contribution in [-0.4, -0.2) is 42.9 Å². The Kier molecular flexibility index (Phi) is 5.79. The van der Waals surface area contributed by atoms with E-state index in [4.69, 9.17) is 4.42 Å². The molecule has 2 aromatic rings. The average molecular weight is 342 g/mol. The van der Waals surface area contributed by atoms with E-state index in [2.05, 4.69) is 30.0 Å². The van der Waals surface area contributed by atoms with Crippen molar-refractivity contribution >= 4 is 16.9 Å². The van der Waals surface area contributed by atoms with Gasteiger partial charge in [-0.1, -0.05) is 31.5 Å². The van der Waals surface area contributed by atoms with Crippen molar-refractivity contribution in [2.24, 2.45) is 5.92 Å². The lowest BCUT2D eigenvalue weighted by atomic mass is 9.95. The highest BCUT2D eigenvalue weighted by molar-refractivity contribution is 5.82. The number of fused-ring (bicyclic) bond motifs is 1. The van der Waals surface area contributed by atoms with Crippen molar-refractivity contribution in [2.75, 3.05) is 27.2 Å². The minimum absolute atomic E-state index is 0.187. The molecule has 1 aliphatic heterocycles. The van der Waals surface area contributed by atoms with Gasteiger partial charge in [-0.2, -0.15) is 0 Å². The van der Waals surface area contributed by atoms with E-state index in [0.717, 1.165) is 56.7 Å². The highest BCUT2D eigenvalue weighted by Crippen LogP contribution is 2.30. The number of piperidine rings is 1. The van der Waals surface area contributed by atoms with Crippen LogP contribution >= 0.6 is 0 Å². The number of amides is 1. The van der Waals surface area contributed by atoms with Gasteiger partial charge in [-0.05, 0) is 38.4 Å². The molecule has 1 aromatic heterocycles. The Morgan fingerprint density at radius 3 is 2.64 bits per heavy atom. The Balaban J connectivity index is 1.71. The number of hydrogen-bond donors (Lipinski definition) is 0. The lowest BCUT2D eigenvalue weighted by Gasteiger charge is -2.32. The molecule has 0 N–H and O–H groups in total. The smallest absolute Gasteiger partial charge is 0.225 e. The molecule has 1 amide bonds. The SMILES string of the molecule is CCCCc1oc2ccccc2c1CN1CCC(C(=O)N(C)C)CC1. The monoisotopic (exact) mass is 342 g/mol. The Morgan fingerprint density at radius 1 is 1.24 bits per heavy atom. The summed E-state index contributed by atoms with van der Waals surface area (Å²) in [6.45, 7) is 5.11. The fourth-order valence-electron chi connectivity index (χ4n) is 3.79. The zero-order chi connectivity index (χ0) is 17.8. The maximum atomic E-state index is 12.2. The van der Waals surface area contributed by atoms with Crippen molar-refractivity contribution in [3.63, 3.8) is 0 Å². The summed E-state index contributed by atoms with van der Waals surface area (Å²) in [5.74, 6) is 1.61. The van der Waals surface area contributed by atoms with Crippen LogP contribution in [0.5, 0.6) is 0 Å². The van der Waals surface area contributed by atoms with Crippen LogP contribution in [0.15, 0.2) is 28.7 Å². The molecule has 0 saturated carbocycles. The zero-order valence-corrected chi connectivity index (χ0v) is 15.8. The second kappa shape index (κ2) is 8.05. The van der Waals surface area contributed by atoms with Crippen LogP contribution in [0.25, 0.3) is 11.0 Å². The van der Waals surface area contributed by atoms with Gasteiger partial charge in [0.1, 0.15) is 11.3 Å². The lowest BCUT2D eigenvalue weighted by molar-refractivity contribution is -0.134. The van der Waals surface area contributed by atoms with E-state index in [-0.39, 0.29) is 11.8 Å². The van der Waals surface area contributed by atoms with Crippen molar-refractivity contribution in [1.82, 2.24) is 9.80 Å². The Hall–Kier alpha value is -1.81. The third-order valence-electron chi connectivity index (χ3n) is 5.30. The molecule has 0 spiro atoms. The minimum atomic E-state index is 0.187. The first-order chi connectivity index (χ1) is 12.1. The van der Waals surface area contributed by atoms with E-state index in [0.29, 0.717) is 0 Å². The van der Waals surface area contributed by atoms with Gasteiger partial charge >= 0.3 is 0 Å². The molecule has 1 aromatic carbocycles. The van der Waals surface area contributed by atoms with Gasteiger partial charge in [0.25, 0.3) is 0 Å². The van der Waals surface area contributed by atoms with Gasteiger partial charge in [0, 0.05) is 43.9 Å². The topological polar surface area (TPSA) is 36.7 Å². The van der Waals surface area contributed by atoms with Crippen LogP contribution in [0.3, 0.4) is 0 Å². The molecule has 1 aliphatic rings. The van der Waals surface area contributed by atoms with E-state index in [1.54, 1.807) is 4.90 Å². The normalized spacial score (nSPS) is 16.4. The molecular weight excluding hydrogens is 312 g/mol. The fraction of sp³-hybridized carbons (Fsp3) is 0.571. The predicted octanol–water partition coefficient (Wildman–Crippen LogP) is 4.08. The number of aryl methyl sites for hydroxylation is 1. The van der Waals surface area contributed by atoms with Crippen molar-refractivity contribution in [3.05, 3.63) is 35.6 Å². The maximum absolute atomic E-state index is 12.2. The second-order valence-electron chi connectivity index (χ2n) is 7.39. The van der Waals surface area contributed by atoms with Crippen molar-refractivity contribution < 1.29 is 9.21 Å². The first kappa shape index (κ1) is 18.0. The summed E-state index contributed by atoms with van der Waals surface area (Å²) in [6.07, 6.45) is 5.25. The van der Waals surface area contributed by atoms with Gasteiger partial charge in [0.2, 0.25) is 5.91 Å². The summed E-state index contributed by atoms with van der Waals surface area (Å²) in [5.41, 5.74) is 2.35. The number of carbonyl (C=O) groups excluding carboxylic acids is 1. The van der Waals surface area contributed by atoms with Crippen molar-refractivity contribution in [3.8, 4) is 0 Å². The summed E-state index contributed by atoms with van der Waals surface area (Å²) in [4.78, 5) is 16.4. The lowest BCUT2D eigenvalue weighted by Crippen LogP contribution is -2.39. The number of carbonyl (C=O) groups is 1. The number of furan rings is 1. The Morgan fingerprint density at radius 2 is 1.96 bits per heavy atom. The van der Waals surface area contributed by atoms with Gasteiger partial charge in [0.05, 0.1) is 0 Å². The fourth-order valence-corrected chi connectivity index (χ4v) is 3.79. The molecular formula is C21H30N2O2. The molecule has 2 heterocycles. The molecule has 0 aliphatic carbocycles. The van der Waals surface area contributed by atoms with Crippen LogP contribution < -0.4 is 0 Å². The molecule has 0 radical (unpaired) electrons. The Bertz CT molecular complexity index is 712. The quantitative estimate of drug-likeness (QED) is 0.794. The van der Waals surface area contributed by atoms with Gasteiger partial charge in [-0.25, -0.2) is 0 Å². The number of nitrogens with zero attached hydrogens (tertiary/aromatic N) is 2. The number of benzene rings is 1. The summed E-state index contributed by atoms with van der Waals surface area (Å²) in [7, 11) is 3.71. The van der Waals surface area contributed by atoms with Gasteiger partial charge in [-0.15, -0.1) is 0 Å². The molecule has 3 rings (SSSR count). The highest BCUT2D eigenvalue weighted by Gasteiger charge is 2.27. The van der Waals surface area contributed by atoms with Crippen LogP contribution in [0.4, 0.5) is 0 Å². The minimum Gasteiger partial charge on any atom is -0.461 e. The molecule has 4 nitrogen and oxygen atoms in total. The largest absolute Gasteiger partial charge is 0.461 e. The van der Waals surface area contributed by atoms with E-state index >= 15 is 0 Å². The molecule has 1 saturated heterocycles. The molecule has 25 heavy (non-hydrogen) atoms. The van der Waals surface area contributed by atoms with E-state index in [1.165, 1.54) is 17.4 Å². The van der Waals surface area contributed by atoms with Crippen molar-refractivity contribution in [2.45, 2.75) is 45.6 Å². The van der Waals surface area contributed by atoms with Crippen LogP contribution in [0.2, 0.25) is 0 Å². The van der Waals surface area contributed by atoms with Gasteiger partial charge in [0.15, 0.2) is 0 Å². The number of unbranched alkanes of at least 4 members (excludes halogenated alkanes) is 1. The van der Waals surface area contributed by atoms with Gasteiger partial charge < -0.3 is 9.32 Å². The molecule has 0 atom stereocenters. The molecule has 4 heteroatoms. The summed E-state index contributed by atoms with van der Waals surface area (Å²) in [6, 6.07) is 8.37. The van der Waals surface area contributed by atoms with E-state index in [9.17, 15) is 4.79 Å². The molecule has 1 fully saturated rings. The summed E-state index contributed by atoms with van der Waals surface area (Å²) in [5, 5.41) is 1.25. The van der Waals surface area contributed by atoms with E-state index < -0.39 is 0 Å². The first-order valence-electron chi connectivity index (χ1n) is 9.53. The number of para-hydroxylation sites is 1. The maximum Gasteiger partial charge on any atom is 0.225 e. The predicted molar refractivity (Wildman–Crippen MR) is 102 cm³/mol. The summed E-state index contributed by atoms with van der Waals surface area (Å²) < 4.78 is 6.15. The first-order valence-corrected chi connectivity index (χ1v) is 9.53. The van der Waals surface area contributed by atoms with E-state index in [1.807, 2.05) is 20.2 Å². The van der Waals surface area contributed by atoms with Gasteiger partial charge in [-0.3, -0.25) is 9.69 Å². The standard InChI is InChI=1S/C21H30N2O2/c1-4-5-9-20-18(17-8-6-7-10-19(17)25-20)15-23-13-11-16(12-14-23)21(24)22(2)3/h6-8,10,16H,4-5,9,11-15H2,1-3H3. The van der Waals surface area contributed by atoms with Crippen LogP contribution in [0, 0.1) is 5.92 Å². The number of likely N-dealkylation sites (tertiary alicyclic amines) is 1. The number of hydrogen-bond acceptors (Lipinski definition) is 3. The molecule has 0 unspecified atom stereocenters. The third-order valence-corrected chi connectivity index (χ3v) is 5.30. The van der Waals surface area contributed by atoms with Crippen LogP contribution in [-0.2, 0) is 17.8 Å². The third kappa shape index (κ3) is 4.06. The number of rotatable bonds is 6. The second-order valence-corrected chi connectivity index (χ2v) is 7.39. The average Bonchev–Trinajstić information content (AvgIpc) is 2.97. The molecule has 136 valence electrons. The van der Waals surface area contributed by atoms with Crippen molar-refractivity contribution in [1.29, 1.82) is 0 Å². The zero-order valence-electron chi connectivity index (χ0n) is 15.8. The van der Waals surface area contributed by atoms with Crippen LogP contribution in [0.1, 0.15) is 43.9 Å².